The molecule has 1 aromatic carbocycles. The van der Waals surface area contributed by atoms with Crippen molar-refractivity contribution in [2.24, 2.45) is 0 Å². The second kappa shape index (κ2) is 6.35. The first kappa shape index (κ1) is 13.6. The van der Waals surface area contributed by atoms with Gasteiger partial charge >= 0.3 is 0 Å². The summed E-state index contributed by atoms with van der Waals surface area (Å²) in [5, 5.41) is 0. The number of rotatable bonds is 6. The average Bonchev–Trinajstić information content (AvgIpc) is 2.27. The van der Waals surface area contributed by atoms with Crippen LogP contribution in [0.1, 0.15) is 12.0 Å². The van der Waals surface area contributed by atoms with E-state index in [2.05, 4.69) is 19.0 Å². The molecule has 0 unspecified atom stereocenters. The number of nitrogen functional groups attached to an aromatic ring is 1. The molecule has 0 aromatic heterocycles. The van der Waals surface area contributed by atoms with Crippen molar-refractivity contribution in [3.63, 3.8) is 0 Å². The quantitative estimate of drug-likeness (QED) is 0.767. The standard InChI is InChI=1S/C13H22N2O2/c1-15(2)7-5-6-10-8-11(14)9-12(16-3)13(10)17-4/h8-9H,5-7,14H2,1-4H3. The number of methoxy groups -OCH3 is 2. The lowest BCUT2D eigenvalue weighted by Crippen LogP contribution is -2.13. The molecule has 0 atom stereocenters. The van der Waals surface area contributed by atoms with Crippen molar-refractivity contribution in [3.8, 4) is 11.5 Å². The van der Waals surface area contributed by atoms with Crippen molar-refractivity contribution in [2.75, 3.05) is 40.6 Å². The molecular weight excluding hydrogens is 216 g/mol. The number of anilines is 1. The highest BCUT2D eigenvalue weighted by Crippen LogP contribution is 2.34. The molecule has 0 saturated carbocycles. The topological polar surface area (TPSA) is 47.7 Å². The van der Waals surface area contributed by atoms with Crippen molar-refractivity contribution in [1.82, 2.24) is 4.90 Å². The molecule has 0 saturated heterocycles. The van der Waals surface area contributed by atoms with Crippen LogP contribution in [0.15, 0.2) is 12.1 Å². The summed E-state index contributed by atoms with van der Waals surface area (Å²) in [7, 11) is 7.42. The fourth-order valence-electron chi connectivity index (χ4n) is 1.84. The summed E-state index contributed by atoms with van der Waals surface area (Å²) >= 11 is 0. The Morgan fingerprint density at radius 1 is 1.18 bits per heavy atom. The summed E-state index contributed by atoms with van der Waals surface area (Å²) in [6.45, 7) is 1.04. The lowest BCUT2D eigenvalue weighted by molar-refractivity contribution is 0.349. The highest BCUT2D eigenvalue weighted by molar-refractivity contribution is 5.57. The first-order valence-corrected chi connectivity index (χ1v) is 5.73. The predicted octanol–water partition coefficient (Wildman–Crippen LogP) is 1.78. The van der Waals surface area contributed by atoms with Gasteiger partial charge in [0.1, 0.15) is 0 Å². The molecular formula is C13H22N2O2. The van der Waals surface area contributed by atoms with E-state index in [1.165, 1.54) is 0 Å². The summed E-state index contributed by atoms with van der Waals surface area (Å²) in [6, 6.07) is 3.74. The Hall–Kier alpha value is -1.42. The molecule has 0 fully saturated rings. The monoisotopic (exact) mass is 238 g/mol. The SMILES string of the molecule is COc1cc(N)cc(CCCN(C)C)c1OC. The molecule has 0 spiro atoms. The second-order valence-corrected chi connectivity index (χ2v) is 4.32. The molecule has 0 aliphatic carbocycles. The number of hydrogen-bond acceptors (Lipinski definition) is 4. The van der Waals surface area contributed by atoms with E-state index in [0.717, 1.165) is 30.7 Å². The minimum atomic E-state index is 0.701. The van der Waals surface area contributed by atoms with Crippen LogP contribution in [0.5, 0.6) is 11.5 Å². The molecule has 0 bridgehead atoms. The highest BCUT2D eigenvalue weighted by Gasteiger charge is 2.11. The lowest BCUT2D eigenvalue weighted by atomic mass is 10.1. The number of benzene rings is 1. The third kappa shape index (κ3) is 3.82. The minimum absolute atomic E-state index is 0.701. The molecule has 0 aliphatic rings. The number of hydrogen-bond donors (Lipinski definition) is 1. The Labute approximate surface area is 103 Å². The average molecular weight is 238 g/mol. The van der Waals surface area contributed by atoms with Crippen LogP contribution in [0.25, 0.3) is 0 Å². The van der Waals surface area contributed by atoms with Gasteiger partial charge in [-0.3, -0.25) is 0 Å². The van der Waals surface area contributed by atoms with E-state index in [-0.39, 0.29) is 0 Å². The molecule has 0 heterocycles. The van der Waals surface area contributed by atoms with Gasteiger partial charge < -0.3 is 20.1 Å². The zero-order chi connectivity index (χ0) is 12.8. The van der Waals surface area contributed by atoms with Gasteiger partial charge in [-0.25, -0.2) is 0 Å². The molecule has 4 heteroatoms. The van der Waals surface area contributed by atoms with Crippen molar-refractivity contribution in [3.05, 3.63) is 17.7 Å². The summed E-state index contributed by atoms with van der Waals surface area (Å²) in [4.78, 5) is 2.16. The summed E-state index contributed by atoms with van der Waals surface area (Å²) < 4.78 is 10.7. The van der Waals surface area contributed by atoms with Gasteiger partial charge in [0.25, 0.3) is 0 Å². The maximum Gasteiger partial charge on any atom is 0.164 e. The normalized spacial score (nSPS) is 10.6. The molecule has 0 amide bonds. The van der Waals surface area contributed by atoms with E-state index in [4.69, 9.17) is 15.2 Å². The first-order chi connectivity index (χ1) is 8.08. The van der Waals surface area contributed by atoms with E-state index in [9.17, 15) is 0 Å². The summed E-state index contributed by atoms with van der Waals surface area (Å²) in [5.74, 6) is 1.49. The van der Waals surface area contributed by atoms with Crippen molar-refractivity contribution < 1.29 is 9.47 Å². The van der Waals surface area contributed by atoms with E-state index in [1.807, 2.05) is 6.07 Å². The van der Waals surface area contributed by atoms with Crippen molar-refractivity contribution in [1.29, 1.82) is 0 Å². The van der Waals surface area contributed by atoms with Crippen molar-refractivity contribution in [2.45, 2.75) is 12.8 Å². The van der Waals surface area contributed by atoms with E-state index in [1.54, 1.807) is 20.3 Å². The van der Waals surface area contributed by atoms with Crippen LogP contribution in [-0.4, -0.2) is 39.8 Å². The largest absolute Gasteiger partial charge is 0.493 e. The van der Waals surface area contributed by atoms with Crippen LogP contribution >= 0.6 is 0 Å². The van der Waals surface area contributed by atoms with E-state index >= 15 is 0 Å². The van der Waals surface area contributed by atoms with Gasteiger partial charge in [-0.1, -0.05) is 0 Å². The van der Waals surface area contributed by atoms with Crippen LogP contribution in [-0.2, 0) is 6.42 Å². The molecule has 0 radical (unpaired) electrons. The number of nitrogens with zero attached hydrogens (tertiary/aromatic N) is 1. The van der Waals surface area contributed by atoms with E-state index in [0.29, 0.717) is 11.4 Å². The van der Waals surface area contributed by atoms with Gasteiger partial charge in [-0.15, -0.1) is 0 Å². The third-order valence-electron chi connectivity index (χ3n) is 2.63. The Balaban J connectivity index is 2.85. The van der Waals surface area contributed by atoms with Crippen LogP contribution < -0.4 is 15.2 Å². The number of aryl methyl sites for hydroxylation is 1. The molecule has 17 heavy (non-hydrogen) atoms. The third-order valence-corrected chi connectivity index (χ3v) is 2.63. The molecule has 4 nitrogen and oxygen atoms in total. The molecule has 1 aromatic rings. The van der Waals surface area contributed by atoms with Gasteiger partial charge in [0.05, 0.1) is 14.2 Å². The zero-order valence-corrected chi connectivity index (χ0v) is 11.1. The lowest BCUT2D eigenvalue weighted by Gasteiger charge is -2.15. The zero-order valence-electron chi connectivity index (χ0n) is 11.1. The maximum absolute atomic E-state index is 5.84. The van der Waals surface area contributed by atoms with Crippen LogP contribution in [0, 0.1) is 0 Å². The Kier molecular flexibility index (Phi) is 5.10. The fourth-order valence-corrected chi connectivity index (χ4v) is 1.84. The fraction of sp³-hybridized carbons (Fsp3) is 0.538. The molecule has 2 N–H and O–H groups in total. The Bertz CT molecular complexity index is 365. The Morgan fingerprint density at radius 3 is 2.41 bits per heavy atom. The number of nitrogens with two attached hydrogens (primary N) is 1. The van der Waals surface area contributed by atoms with Gasteiger partial charge in [0.2, 0.25) is 0 Å². The van der Waals surface area contributed by atoms with Crippen molar-refractivity contribution >= 4 is 5.69 Å². The maximum atomic E-state index is 5.84. The Morgan fingerprint density at radius 2 is 1.88 bits per heavy atom. The second-order valence-electron chi connectivity index (χ2n) is 4.32. The first-order valence-electron chi connectivity index (χ1n) is 5.73. The highest BCUT2D eigenvalue weighted by atomic mass is 16.5. The van der Waals surface area contributed by atoms with Gasteiger partial charge in [-0.2, -0.15) is 0 Å². The van der Waals surface area contributed by atoms with Gasteiger partial charge in [-0.05, 0) is 39.5 Å². The molecule has 1 rings (SSSR count). The molecule has 0 aliphatic heterocycles. The minimum Gasteiger partial charge on any atom is -0.493 e. The van der Waals surface area contributed by atoms with Crippen LogP contribution in [0.3, 0.4) is 0 Å². The summed E-state index contributed by atoms with van der Waals surface area (Å²) in [6.07, 6.45) is 2.00. The van der Waals surface area contributed by atoms with Gasteiger partial charge in [0.15, 0.2) is 11.5 Å². The van der Waals surface area contributed by atoms with Crippen LogP contribution in [0.2, 0.25) is 0 Å². The van der Waals surface area contributed by atoms with Gasteiger partial charge in [0, 0.05) is 17.3 Å². The number of ether oxygens (including phenoxy) is 2. The van der Waals surface area contributed by atoms with E-state index < -0.39 is 0 Å². The molecule has 96 valence electrons. The van der Waals surface area contributed by atoms with Crippen LogP contribution in [0.4, 0.5) is 5.69 Å². The predicted molar refractivity (Wildman–Crippen MR) is 70.8 cm³/mol. The smallest absolute Gasteiger partial charge is 0.164 e. The summed E-state index contributed by atoms with van der Waals surface area (Å²) in [5.41, 5.74) is 7.66.